The summed E-state index contributed by atoms with van der Waals surface area (Å²) in [5.74, 6) is 0.869. The van der Waals surface area contributed by atoms with Crippen LogP contribution in [0.4, 0.5) is 0 Å². The molecule has 2 atom stereocenters. The van der Waals surface area contributed by atoms with E-state index in [4.69, 9.17) is 5.73 Å². The zero-order valence-electron chi connectivity index (χ0n) is 11.5. The van der Waals surface area contributed by atoms with E-state index in [2.05, 4.69) is 11.9 Å². The highest BCUT2D eigenvalue weighted by atomic mass is 16.2. The van der Waals surface area contributed by atoms with Crippen molar-refractivity contribution in [2.45, 2.75) is 38.6 Å². The van der Waals surface area contributed by atoms with E-state index in [9.17, 15) is 4.79 Å². The molecule has 1 aliphatic rings. The van der Waals surface area contributed by atoms with Crippen molar-refractivity contribution in [1.29, 1.82) is 0 Å². The van der Waals surface area contributed by atoms with Gasteiger partial charge in [-0.2, -0.15) is 0 Å². The lowest BCUT2D eigenvalue weighted by molar-refractivity contribution is -0.130. The topological polar surface area (TPSA) is 49.6 Å². The van der Waals surface area contributed by atoms with Crippen molar-refractivity contribution in [3.8, 4) is 0 Å². The Hall–Kier alpha value is -0.610. The smallest absolute Gasteiger partial charge is 0.222 e. The summed E-state index contributed by atoms with van der Waals surface area (Å²) >= 11 is 0. The molecule has 0 spiro atoms. The fourth-order valence-electron chi connectivity index (χ4n) is 2.45. The van der Waals surface area contributed by atoms with Gasteiger partial charge in [0.1, 0.15) is 0 Å². The van der Waals surface area contributed by atoms with E-state index in [0.717, 1.165) is 19.5 Å². The molecule has 2 N–H and O–H groups in total. The number of nitrogens with zero attached hydrogens (tertiary/aromatic N) is 2. The zero-order chi connectivity index (χ0) is 12.8. The molecule has 1 fully saturated rings. The second-order valence-corrected chi connectivity index (χ2v) is 5.56. The van der Waals surface area contributed by atoms with Gasteiger partial charge in [-0.25, -0.2) is 0 Å². The number of carbonyl (C=O) groups excluding carboxylic acids is 1. The lowest BCUT2D eigenvalue weighted by atomic mass is 9.98. The van der Waals surface area contributed by atoms with Crippen LogP contribution in [0.25, 0.3) is 0 Å². The first-order valence-electron chi connectivity index (χ1n) is 6.67. The number of rotatable bonds is 5. The summed E-state index contributed by atoms with van der Waals surface area (Å²) in [6.45, 7) is 5.15. The maximum atomic E-state index is 11.9. The molecule has 1 aliphatic heterocycles. The van der Waals surface area contributed by atoms with Gasteiger partial charge >= 0.3 is 0 Å². The van der Waals surface area contributed by atoms with Crippen LogP contribution in [0.3, 0.4) is 0 Å². The van der Waals surface area contributed by atoms with Gasteiger partial charge in [0.2, 0.25) is 5.91 Å². The summed E-state index contributed by atoms with van der Waals surface area (Å²) in [5, 5.41) is 0. The van der Waals surface area contributed by atoms with Gasteiger partial charge in [-0.05, 0) is 45.7 Å². The molecule has 0 radical (unpaired) electrons. The number of likely N-dealkylation sites (tertiary alicyclic amines) is 1. The molecule has 0 bridgehead atoms. The molecule has 2 unspecified atom stereocenters. The molecule has 0 aromatic carbocycles. The first-order valence-corrected chi connectivity index (χ1v) is 6.67. The lowest BCUT2D eigenvalue weighted by Gasteiger charge is -2.32. The van der Waals surface area contributed by atoms with Crippen molar-refractivity contribution >= 4 is 5.91 Å². The molecule has 1 amide bonds. The largest absolute Gasteiger partial charge is 0.345 e. The summed E-state index contributed by atoms with van der Waals surface area (Å²) in [5.41, 5.74) is 5.67. The van der Waals surface area contributed by atoms with Crippen LogP contribution >= 0.6 is 0 Å². The minimum atomic E-state index is 0.119. The Morgan fingerprint density at radius 3 is 2.88 bits per heavy atom. The molecule has 0 aliphatic carbocycles. The molecule has 1 heterocycles. The predicted octanol–water partition coefficient (Wildman–Crippen LogP) is 0.914. The fourth-order valence-corrected chi connectivity index (χ4v) is 2.45. The summed E-state index contributed by atoms with van der Waals surface area (Å²) in [6.07, 6.45) is 3.86. The van der Waals surface area contributed by atoms with Gasteiger partial charge in [0.05, 0.1) is 0 Å². The van der Waals surface area contributed by atoms with Crippen molar-refractivity contribution in [2.75, 3.05) is 33.7 Å². The van der Waals surface area contributed by atoms with E-state index in [1.54, 1.807) is 0 Å². The van der Waals surface area contributed by atoms with Gasteiger partial charge in [0.15, 0.2) is 0 Å². The maximum absolute atomic E-state index is 11.9. The summed E-state index contributed by atoms with van der Waals surface area (Å²) in [6, 6.07) is 0.119. The molecule has 4 nitrogen and oxygen atoms in total. The van der Waals surface area contributed by atoms with Crippen LogP contribution in [0.5, 0.6) is 0 Å². The number of amides is 1. The first kappa shape index (κ1) is 14.5. The lowest BCUT2D eigenvalue weighted by Crippen LogP contribution is -2.40. The summed E-state index contributed by atoms with van der Waals surface area (Å²) in [4.78, 5) is 16.1. The molecule has 17 heavy (non-hydrogen) atoms. The van der Waals surface area contributed by atoms with Gasteiger partial charge < -0.3 is 15.5 Å². The monoisotopic (exact) mass is 241 g/mol. The second kappa shape index (κ2) is 6.97. The van der Waals surface area contributed by atoms with Crippen LogP contribution in [0, 0.1) is 5.92 Å². The second-order valence-electron chi connectivity index (χ2n) is 5.56. The summed E-state index contributed by atoms with van der Waals surface area (Å²) < 4.78 is 0. The first-order chi connectivity index (χ1) is 7.99. The van der Waals surface area contributed by atoms with Crippen molar-refractivity contribution in [2.24, 2.45) is 11.7 Å². The van der Waals surface area contributed by atoms with E-state index < -0.39 is 0 Å². The van der Waals surface area contributed by atoms with E-state index in [-0.39, 0.29) is 11.9 Å². The maximum Gasteiger partial charge on any atom is 0.222 e. The Morgan fingerprint density at radius 1 is 1.59 bits per heavy atom. The normalized spacial score (nSPS) is 23.4. The van der Waals surface area contributed by atoms with Crippen LogP contribution in [0.1, 0.15) is 32.6 Å². The van der Waals surface area contributed by atoms with Crippen molar-refractivity contribution in [3.05, 3.63) is 0 Å². The molecule has 100 valence electrons. The van der Waals surface area contributed by atoms with Gasteiger partial charge in [-0.3, -0.25) is 4.79 Å². The minimum absolute atomic E-state index is 0.119. The van der Waals surface area contributed by atoms with Crippen molar-refractivity contribution < 1.29 is 4.79 Å². The van der Waals surface area contributed by atoms with E-state index in [1.807, 2.05) is 18.9 Å². The van der Waals surface area contributed by atoms with Crippen LogP contribution < -0.4 is 5.73 Å². The Balaban J connectivity index is 2.27. The van der Waals surface area contributed by atoms with Crippen LogP contribution in [-0.4, -0.2) is 55.5 Å². The van der Waals surface area contributed by atoms with Gasteiger partial charge in [-0.15, -0.1) is 0 Å². The number of hydrogen-bond acceptors (Lipinski definition) is 3. The Kier molecular flexibility index (Phi) is 5.92. The van der Waals surface area contributed by atoms with E-state index in [1.165, 1.54) is 19.4 Å². The highest BCUT2D eigenvalue weighted by molar-refractivity contribution is 5.75. The minimum Gasteiger partial charge on any atom is -0.345 e. The fraction of sp³-hybridized carbons (Fsp3) is 0.923. The Labute approximate surface area is 105 Å². The third kappa shape index (κ3) is 5.50. The molecule has 1 saturated heterocycles. The molecule has 0 aromatic heterocycles. The van der Waals surface area contributed by atoms with E-state index >= 15 is 0 Å². The third-order valence-corrected chi connectivity index (χ3v) is 3.49. The van der Waals surface area contributed by atoms with Crippen molar-refractivity contribution in [3.63, 3.8) is 0 Å². The number of piperidine rings is 1. The number of nitrogens with two attached hydrogens (primary N) is 1. The van der Waals surface area contributed by atoms with Crippen LogP contribution in [0.15, 0.2) is 0 Å². The van der Waals surface area contributed by atoms with Crippen LogP contribution in [-0.2, 0) is 4.79 Å². The highest BCUT2D eigenvalue weighted by Crippen LogP contribution is 2.16. The summed E-state index contributed by atoms with van der Waals surface area (Å²) in [7, 11) is 4.07. The zero-order valence-corrected chi connectivity index (χ0v) is 11.5. The number of hydrogen-bond donors (Lipinski definition) is 1. The SMILES string of the molecule is CC(N)CCC(=O)N(C)CC1CCCN(C)C1. The van der Waals surface area contributed by atoms with E-state index in [0.29, 0.717) is 12.3 Å². The Bertz CT molecular complexity index is 243. The average Bonchev–Trinajstić information content (AvgIpc) is 2.25. The third-order valence-electron chi connectivity index (χ3n) is 3.49. The molecule has 0 saturated carbocycles. The average molecular weight is 241 g/mol. The van der Waals surface area contributed by atoms with Gasteiger partial charge in [0.25, 0.3) is 0 Å². The molecular formula is C13H27N3O. The Morgan fingerprint density at radius 2 is 2.29 bits per heavy atom. The molecular weight excluding hydrogens is 214 g/mol. The van der Waals surface area contributed by atoms with Crippen molar-refractivity contribution in [1.82, 2.24) is 9.80 Å². The molecule has 1 rings (SSSR count). The van der Waals surface area contributed by atoms with Gasteiger partial charge in [-0.1, -0.05) is 0 Å². The predicted molar refractivity (Wildman–Crippen MR) is 70.7 cm³/mol. The molecule has 4 heteroatoms. The van der Waals surface area contributed by atoms with Gasteiger partial charge in [0, 0.05) is 32.6 Å². The highest BCUT2D eigenvalue weighted by Gasteiger charge is 2.20. The quantitative estimate of drug-likeness (QED) is 0.778. The van der Waals surface area contributed by atoms with Crippen LogP contribution in [0.2, 0.25) is 0 Å². The standard InChI is InChI=1S/C13H27N3O/c1-11(14)6-7-13(17)16(3)10-12-5-4-8-15(2)9-12/h11-12H,4-10,14H2,1-3H3. The number of carbonyl (C=O) groups is 1. The molecule has 0 aromatic rings.